The van der Waals surface area contributed by atoms with Crippen LogP contribution in [0.4, 0.5) is 0 Å². The van der Waals surface area contributed by atoms with E-state index in [-0.39, 0.29) is 0 Å². The molecular weight excluding hydrogens is 713 g/mol. The van der Waals surface area contributed by atoms with Crippen LogP contribution in [0.25, 0.3) is 109 Å². The van der Waals surface area contributed by atoms with Crippen molar-refractivity contribution in [1.82, 2.24) is 19.1 Å². The largest absolute Gasteiger partial charge is 0.307 e. The van der Waals surface area contributed by atoms with Gasteiger partial charge in [0.15, 0.2) is 5.82 Å². The molecule has 266 valence electrons. The molecule has 12 aromatic rings. The third-order valence-corrected chi connectivity index (χ3v) is 12.5. The van der Waals surface area contributed by atoms with Gasteiger partial charge in [0.05, 0.1) is 33.5 Å². The van der Waals surface area contributed by atoms with Crippen LogP contribution in [0.3, 0.4) is 0 Å². The van der Waals surface area contributed by atoms with E-state index in [2.05, 4.69) is 191 Å². The Morgan fingerprint density at radius 1 is 0.333 bits per heavy atom. The third kappa shape index (κ3) is 4.99. The maximum atomic E-state index is 5.20. The highest BCUT2D eigenvalue weighted by Crippen LogP contribution is 2.43. The quantitative estimate of drug-likeness (QED) is 0.176. The van der Waals surface area contributed by atoms with Crippen molar-refractivity contribution in [2.45, 2.75) is 0 Å². The molecule has 0 aliphatic rings. The number of benzene rings is 8. The minimum Gasteiger partial charge on any atom is -0.307 e. The zero-order valence-electron chi connectivity index (χ0n) is 30.7. The van der Waals surface area contributed by atoms with Crippen molar-refractivity contribution in [3.8, 4) is 45.3 Å². The Hall–Kier alpha value is -7.34. The molecule has 0 fully saturated rings. The first kappa shape index (κ1) is 32.0. The number of hydrogen-bond donors (Lipinski definition) is 0. The summed E-state index contributed by atoms with van der Waals surface area (Å²) in [5, 5.41) is 7.46. The van der Waals surface area contributed by atoms with Crippen LogP contribution in [0.2, 0.25) is 0 Å². The summed E-state index contributed by atoms with van der Waals surface area (Å²) in [4.78, 5) is 10.4. The molecule has 0 atom stereocenters. The molecule has 5 heteroatoms. The van der Waals surface area contributed by atoms with E-state index in [1.54, 1.807) is 0 Å². The van der Waals surface area contributed by atoms with Crippen LogP contribution in [0.15, 0.2) is 194 Å². The van der Waals surface area contributed by atoms with Crippen molar-refractivity contribution in [2.75, 3.05) is 0 Å². The van der Waals surface area contributed by atoms with Crippen LogP contribution < -0.4 is 0 Å². The van der Waals surface area contributed by atoms with Gasteiger partial charge < -0.3 is 9.13 Å². The highest BCUT2D eigenvalue weighted by atomic mass is 32.1. The standard InChI is InChI=1S/C52H32N4S/c1-3-14-33(15-4-1)44-32-45(34-16-5-2-6-17-34)54-52(53-44)35-18-13-19-36(30-35)55-46-23-10-7-20-38(46)41-27-28-42-39-21-8-11-24-47(39)56(51(42)50(41)55)37-26-29-49-43(31-37)40-22-9-12-25-48(40)57-49/h1-32H. The molecule has 0 radical (unpaired) electrons. The number of rotatable bonds is 5. The summed E-state index contributed by atoms with van der Waals surface area (Å²) in [5.74, 6) is 0.688. The fourth-order valence-electron chi connectivity index (χ4n) is 8.76. The lowest BCUT2D eigenvalue weighted by Crippen LogP contribution is -2.00. The van der Waals surface area contributed by atoms with E-state index < -0.39 is 0 Å². The average molecular weight is 745 g/mol. The Morgan fingerprint density at radius 2 is 0.842 bits per heavy atom. The van der Waals surface area contributed by atoms with Crippen LogP contribution in [0.1, 0.15) is 0 Å². The lowest BCUT2D eigenvalue weighted by Gasteiger charge is -2.14. The van der Waals surface area contributed by atoms with E-state index in [4.69, 9.17) is 9.97 Å². The summed E-state index contributed by atoms with van der Waals surface area (Å²) in [6, 6.07) is 69.5. The second-order valence-corrected chi connectivity index (χ2v) is 15.7. The fraction of sp³-hybridized carbons (Fsp3) is 0. The Balaban J connectivity index is 1.14. The summed E-state index contributed by atoms with van der Waals surface area (Å²) in [5.41, 5.74) is 11.7. The maximum Gasteiger partial charge on any atom is 0.160 e. The van der Waals surface area contributed by atoms with E-state index in [0.29, 0.717) is 5.82 Å². The number of aromatic nitrogens is 4. The highest BCUT2D eigenvalue weighted by Gasteiger charge is 2.22. The topological polar surface area (TPSA) is 35.6 Å². The van der Waals surface area contributed by atoms with Gasteiger partial charge in [0.1, 0.15) is 0 Å². The maximum absolute atomic E-state index is 5.20. The highest BCUT2D eigenvalue weighted by molar-refractivity contribution is 7.25. The molecule has 0 amide bonds. The molecule has 0 aliphatic carbocycles. The molecular formula is C52H32N4S. The van der Waals surface area contributed by atoms with Gasteiger partial charge >= 0.3 is 0 Å². The van der Waals surface area contributed by atoms with Crippen LogP contribution in [-0.2, 0) is 0 Å². The lowest BCUT2D eigenvalue weighted by atomic mass is 10.1. The predicted molar refractivity (Wildman–Crippen MR) is 240 cm³/mol. The molecule has 8 aromatic carbocycles. The van der Waals surface area contributed by atoms with Gasteiger partial charge in [-0.1, -0.05) is 140 Å². The Bertz CT molecular complexity index is 3460. The predicted octanol–water partition coefficient (Wildman–Crippen LogP) is 14.0. The summed E-state index contributed by atoms with van der Waals surface area (Å²) in [6.45, 7) is 0. The van der Waals surface area contributed by atoms with E-state index in [0.717, 1.165) is 45.0 Å². The van der Waals surface area contributed by atoms with Gasteiger partial charge in [0.2, 0.25) is 0 Å². The first-order valence-electron chi connectivity index (χ1n) is 19.2. The van der Waals surface area contributed by atoms with E-state index in [9.17, 15) is 0 Å². The van der Waals surface area contributed by atoms with Crippen molar-refractivity contribution in [3.63, 3.8) is 0 Å². The molecule has 0 saturated heterocycles. The third-order valence-electron chi connectivity index (χ3n) is 11.3. The van der Waals surface area contributed by atoms with Gasteiger partial charge in [0, 0.05) is 69.8 Å². The second-order valence-electron chi connectivity index (χ2n) is 14.6. The van der Waals surface area contributed by atoms with E-state index in [1.165, 1.54) is 58.3 Å². The summed E-state index contributed by atoms with van der Waals surface area (Å²) in [7, 11) is 0. The molecule has 0 bridgehead atoms. The normalized spacial score (nSPS) is 11.9. The summed E-state index contributed by atoms with van der Waals surface area (Å²) < 4.78 is 7.54. The molecule has 0 spiro atoms. The van der Waals surface area contributed by atoms with Gasteiger partial charge in [-0.2, -0.15) is 0 Å². The fourth-order valence-corrected chi connectivity index (χ4v) is 9.85. The van der Waals surface area contributed by atoms with Crippen molar-refractivity contribution >= 4 is 75.1 Å². The van der Waals surface area contributed by atoms with Crippen molar-refractivity contribution in [2.24, 2.45) is 0 Å². The van der Waals surface area contributed by atoms with E-state index in [1.807, 2.05) is 23.5 Å². The minimum absolute atomic E-state index is 0.688. The van der Waals surface area contributed by atoms with Gasteiger partial charge in [-0.05, 0) is 54.6 Å². The van der Waals surface area contributed by atoms with Crippen LogP contribution in [-0.4, -0.2) is 19.1 Å². The zero-order valence-corrected chi connectivity index (χ0v) is 31.5. The average Bonchev–Trinajstić information content (AvgIpc) is 3.94. The molecule has 0 aliphatic heterocycles. The first-order chi connectivity index (χ1) is 28.3. The molecule has 12 rings (SSSR count). The molecule has 4 heterocycles. The second kappa shape index (κ2) is 12.6. The van der Waals surface area contributed by atoms with Gasteiger partial charge in [-0.25, -0.2) is 9.97 Å². The van der Waals surface area contributed by atoms with Crippen molar-refractivity contribution in [1.29, 1.82) is 0 Å². The lowest BCUT2D eigenvalue weighted by molar-refractivity contribution is 1.14. The van der Waals surface area contributed by atoms with Crippen molar-refractivity contribution in [3.05, 3.63) is 194 Å². The van der Waals surface area contributed by atoms with Gasteiger partial charge in [0.25, 0.3) is 0 Å². The number of hydrogen-bond acceptors (Lipinski definition) is 3. The minimum atomic E-state index is 0.688. The van der Waals surface area contributed by atoms with Crippen molar-refractivity contribution < 1.29 is 0 Å². The molecule has 0 N–H and O–H groups in total. The molecule has 57 heavy (non-hydrogen) atoms. The van der Waals surface area contributed by atoms with Crippen LogP contribution in [0, 0.1) is 0 Å². The Kier molecular flexibility index (Phi) is 7.06. The molecule has 4 nitrogen and oxygen atoms in total. The van der Waals surface area contributed by atoms with Gasteiger partial charge in [-0.3, -0.25) is 0 Å². The smallest absolute Gasteiger partial charge is 0.160 e. The number of thiophene rings is 1. The summed E-state index contributed by atoms with van der Waals surface area (Å²) in [6.07, 6.45) is 0. The Morgan fingerprint density at radius 3 is 1.47 bits per heavy atom. The molecule has 4 aromatic heterocycles. The number of para-hydroxylation sites is 2. The summed E-state index contributed by atoms with van der Waals surface area (Å²) >= 11 is 1.85. The number of fused-ring (bicyclic) bond motifs is 10. The number of nitrogens with zero attached hydrogens (tertiary/aromatic N) is 4. The van der Waals surface area contributed by atoms with Crippen LogP contribution in [0.5, 0.6) is 0 Å². The van der Waals surface area contributed by atoms with E-state index >= 15 is 0 Å². The monoisotopic (exact) mass is 744 g/mol. The zero-order chi connectivity index (χ0) is 37.5. The van der Waals surface area contributed by atoms with Crippen LogP contribution >= 0.6 is 11.3 Å². The molecule has 0 unspecified atom stereocenters. The first-order valence-corrected chi connectivity index (χ1v) is 20.1. The molecule has 0 saturated carbocycles. The van der Waals surface area contributed by atoms with Gasteiger partial charge in [-0.15, -0.1) is 11.3 Å². The Labute approximate surface area is 332 Å². The SMILES string of the molecule is c1ccc(-c2cc(-c3ccccc3)nc(-c3cccc(-n4c5ccccc5c5ccc6c7ccccc7n(-c7ccc8sc9ccccc9c8c7)c6c54)c3)n2)cc1.